The first-order valence-electron chi connectivity index (χ1n) is 7.45. The van der Waals surface area contributed by atoms with Crippen LogP contribution in [0.5, 0.6) is 0 Å². The van der Waals surface area contributed by atoms with E-state index in [0.717, 1.165) is 22.3 Å². The number of nitrogens with zero attached hydrogens (tertiary/aromatic N) is 1. The summed E-state index contributed by atoms with van der Waals surface area (Å²) in [6.45, 7) is 4.72. The fraction of sp³-hybridized carbons (Fsp3) is 0.471. The molecule has 0 radical (unpaired) electrons. The van der Waals surface area contributed by atoms with Crippen LogP contribution in [0, 0.1) is 5.41 Å². The summed E-state index contributed by atoms with van der Waals surface area (Å²) in [7, 11) is 0. The minimum absolute atomic E-state index is 0.490. The van der Waals surface area contributed by atoms with E-state index >= 15 is 0 Å². The molecular formula is C17H23N3. The predicted molar refractivity (Wildman–Crippen MR) is 85.8 cm³/mol. The van der Waals surface area contributed by atoms with E-state index in [4.69, 9.17) is 5.73 Å². The number of nitrogens with two attached hydrogens (primary N) is 1. The quantitative estimate of drug-likeness (QED) is 0.859. The summed E-state index contributed by atoms with van der Waals surface area (Å²) in [5, 5.41) is 4.79. The van der Waals surface area contributed by atoms with Crippen molar-refractivity contribution in [3.8, 4) is 0 Å². The van der Waals surface area contributed by atoms with E-state index in [0.29, 0.717) is 11.5 Å². The molecule has 0 spiro atoms. The molecule has 0 saturated heterocycles. The molecule has 3 heteroatoms. The Morgan fingerprint density at radius 2 is 1.90 bits per heavy atom. The number of fused-ring (bicyclic) bond motifs is 1. The number of aromatic nitrogens is 1. The molecule has 1 heterocycles. The molecule has 1 fully saturated rings. The van der Waals surface area contributed by atoms with Gasteiger partial charge in [-0.15, -0.1) is 0 Å². The fourth-order valence-electron chi connectivity index (χ4n) is 3.07. The van der Waals surface area contributed by atoms with Gasteiger partial charge in [0.1, 0.15) is 0 Å². The molecule has 0 atom stereocenters. The van der Waals surface area contributed by atoms with Crippen LogP contribution in [0.3, 0.4) is 0 Å². The molecule has 0 unspecified atom stereocenters. The molecule has 1 aromatic carbocycles. The molecule has 1 aliphatic rings. The van der Waals surface area contributed by atoms with Gasteiger partial charge in [0.15, 0.2) is 0 Å². The largest absolute Gasteiger partial charge is 0.396 e. The third-order valence-corrected chi connectivity index (χ3v) is 4.49. The molecule has 1 saturated carbocycles. The molecule has 0 bridgehead atoms. The van der Waals surface area contributed by atoms with Gasteiger partial charge in [-0.3, -0.25) is 4.98 Å². The normalized spacial score (nSPS) is 19.1. The number of para-hydroxylation sites is 1. The van der Waals surface area contributed by atoms with E-state index in [-0.39, 0.29) is 0 Å². The first-order valence-corrected chi connectivity index (χ1v) is 7.45. The summed E-state index contributed by atoms with van der Waals surface area (Å²) in [6, 6.07) is 8.70. The molecule has 106 valence electrons. The van der Waals surface area contributed by atoms with Gasteiger partial charge in [0, 0.05) is 11.4 Å². The Bertz CT molecular complexity index is 609. The summed E-state index contributed by atoms with van der Waals surface area (Å²) in [5.41, 5.74) is 9.42. The number of nitrogens with one attached hydrogen (secondary N) is 1. The van der Waals surface area contributed by atoms with Crippen molar-refractivity contribution in [3.05, 3.63) is 30.5 Å². The lowest BCUT2D eigenvalue weighted by Gasteiger charge is -2.35. The Labute approximate surface area is 120 Å². The average Bonchev–Trinajstić information content (AvgIpc) is 2.44. The minimum Gasteiger partial charge on any atom is -0.396 e. The lowest BCUT2D eigenvalue weighted by Crippen LogP contribution is -2.30. The van der Waals surface area contributed by atoms with Crippen molar-refractivity contribution in [2.75, 3.05) is 11.1 Å². The molecule has 2 aromatic rings. The number of hydrogen-bond acceptors (Lipinski definition) is 3. The van der Waals surface area contributed by atoms with Crippen molar-refractivity contribution in [1.29, 1.82) is 0 Å². The fourth-order valence-corrected chi connectivity index (χ4v) is 3.07. The van der Waals surface area contributed by atoms with Crippen molar-refractivity contribution in [1.82, 2.24) is 4.98 Å². The second kappa shape index (κ2) is 4.97. The number of nitrogen functional groups attached to an aromatic ring is 1. The Morgan fingerprint density at radius 3 is 2.65 bits per heavy atom. The summed E-state index contributed by atoms with van der Waals surface area (Å²) < 4.78 is 0. The van der Waals surface area contributed by atoms with E-state index in [2.05, 4.69) is 30.2 Å². The van der Waals surface area contributed by atoms with Crippen LogP contribution in [0.4, 0.5) is 11.4 Å². The van der Waals surface area contributed by atoms with Gasteiger partial charge in [0.05, 0.1) is 23.1 Å². The zero-order valence-corrected chi connectivity index (χ0v) is 12.3. The number of hydrogen-bond donors (Lipinski definition) is 2. The van der Waals surface area contributed by atoms with Gasteiger partial charge in [-0.25, -0.2) is 0 Å². The van der Waals surface area contributed by atoms with Gasteiger partial charge < -0.3 is 11.1 Å². The molecule has 3 N–H and O–H groups in total. The SMILES string of the molecule is CC1(C)CCC(Nc2c(N)cnc3ccccc23)CC1. The Balaban J connectivity index is 1.86. The molecule has 1 aliphatic carbocycles. The summed E-state index contributed by atoms with van der Waals surface area (Å²) >= 11 is 0. The maximum Gasteiger partial charge on any atom is 0.0743 e. The summed E-state index contributed by atoms with van der Waals surface area (Å²) in [4.78, 5) is 4.39. The second-order valence-corrected chi connectivity index (χ2v) is 6.69. The van der Waals surface area contributed by atoms with E-state index in [1.165, 1.54) is 25.7 Å². The molecule has 3 nitrogen and oxygen atoms in total. The van der Waals surface area contributed by atoms with Crippen molar-refractivity contribution >= 4 is 22.3 Å². The van der Waals surface area contributed by atoms with Crippen LogP contribution >= 0.6 is 0 Å². The van der Waals surface area contributed by atoms with Gasteiger partial charge in [0.25, 0.3) is 0 Å². The predicted octanol–water partition coefficient (Wildman–Crippen LogP) is 4.20. The molecule has 0 aliphatic heterocycles. The van der Waals surface area contributed by atoms with Crippen LogP contribution in [-0.2, 0) is 0 Å². The topological polar surface area (TPSA) is 50.9 Å². The average molecular weight is 269 g/mol. The Morgan fingerprint density at radius 1 is 1.20 bits per heavy atom. The lowest BCUT2D eigenvalue weighted by atomic mass is 9.75. The third kappa shape index (κ3) is 2.58. The van der Waals surface area contributed by atoms with Crippen molar-refractivity contribution in [3.63, 3.8) is 0 Å². The highest BCUT2D eigenvalue weighted by atomic mass is 15.0. The van der Waals surface area contributed by atoms with Crippen molar-refractivity contribution < 1.29 is 0 Å². The lowest BCUT2D eigenvalue weighted by molar-refractivity contribution is 0.232. The Kier molecular flexibility index (Phi) is 3.28. The van der Waals surface area contributed by atoms with Gasteiger partial charge in [0.2, 0.25) is 0 Å². The Hall–Kier alpha value is -1.77. The van der Waals surface area contributed by atoms with Crippen molar-refractivity contribution in [2.45, 2.75) is 45.6 Å². The van der Waals surface area contributed by atoms with Crippen LogP contribution in [0.2, 0.25) is 0 Å². The van der Waals surface area contributed by atoms with Gasteiger partial charge in [-0.2, -0.15) is 0 Å². The van der Waals surface area contributed by atoms with Gasteiger partial charge >= 0.3 is 0 Å². The van der Waals surface area contributed by atoms with Gasteiger partial charge in [-0.05, 0) is 37.2 Å². The van der Waals surface area contributed by atoms with E-state index in [1.54, 1.807) is 6.20 Å². The maximum absolute atomic E-state index is 6.13. The summed E-state index contributed by atoms with van der Waals surface area (Å²) in [6.07, 6.45) is 6.73. The van der Waals surface area contributed by atoms with Crippen LogP contribution in [0.1, 0.15) is 39.5 Å². The van der Waals surface area contributed by atoms with Gasteiger partial charge in [-0.1, -0.05) is 32.0 Å². The molecule has 0 amide bonds. The second-order valence-electron chi connectivity index (χ2n) is 6.69. The number of benzene rings is 1. The third-order valence-electron chi connectivity index (χ3n) is 4.49. The molecule has 20 heavy (non-hydrogen) atoms. The highest BCUT2D eigenvalue weighted by molar-refractivity contribution is 5.96. The van der Waals surface area contributed by atoms with Crippen LogP contribution in [0.15, 0.2) is 30.5 Å². The van der Waals surface area contributed by atoms with Crippen molar-refractivity contribution in [2.24, 2.45) is 5.41 Å². The minimum atomic E-state index is 0.490. The number of anilines is 2. The van der Waals surface area contributed by atoms with Crippen LogP contribution in [0.25, 0.3) is 10.9 Å². The smallest absolute Gasteiger partial charge is 0.0743 e. The number of pyridine rings is 1. The van der Waals surface area contributed by atoms with E-state index in [1.807, 2.05) is 18.2 Å². The highest BCUT2D eigenvalue weighted by Gasteiger charge is 2.27. The van der Waals surface area contributed by atoms with Crippen LogP contribution < -0.4 is 11.1 Å². The maximum atomic E-state index is 6.13. The molecular weight excluding hydrogens is 246 g/mol. The standard InChI is InChI=1S/C17H23N3/c1-17(2)9-7-12(8-10-17)20-16-13-5-3-4-6-15(13)19-11-14(16)18/h3-6,11-12H,7-10,18H2,1-2H3,(H,19,20). The van der Waals surface area contributed by atoms with E-state index in [9.17, 15) is 0 Å². The zero-order chi connectivity index (χ0) is 14.2. The molecule has 1 aromatic heterocycles. The van der Waals surface area contributed by atoms with E-state index < -0.39 is 0 Å². The first-order chi connectivity index (χ1) is 9.55. The highest BCUT2D eigenvalue weighted by Crippen LogP contribution is 2.37. The first kappa shape index (κ1) is 13.2. The monoisotopic (exact) mass is 269 g/mol. The number of rotatable bonds is 2. The zero-order valence-electron chi connectivity index (χ0n) is 12.3. The van der Waals surface area contributed by atoms with Crippen LogP contribution in [-0.4, -0.2) is 11.0 Å². The molecule has 3 rings (SSSR count). The summed E-state index contributed by atoms with van der Waals surface area (Å²) in [5.74, 6) is 0.